The standard InChI is InChI=1S/C53H38N2S2/c1-3-12-44(13-4-2)54(48-32-24-40(25-33-48)52-36-42-14-8-10-18-50(42)56-52)46-28-20-38(21-29-46)39-22-30-47(31-23-39)55(45-16-6-5-7-17-45)49-34-26-41(27-35-49)53-37-43-15-9-11-19-51(43)57-53/h1,4-37H,2H3/b13-4-,44-12+. The number of fused-ring (bicyclic) bond motifs is 2. The first-order chi connectivity index (χ1) is 28.1. The maximum Gasteiger partial charge on any atom is 0.0541 e. The normalized spacial score (nSPS) is 11.6. The third-order valence-electron chi connectivity index (χ3n) is 10.1. The van der Waals surface area contributed by atoms with Crippen molar-refractivity contribution in [2.75, 3.05) is 9.80 Å². The minimum atomic E-state index is 0.921. The minimum Gasteiger partial charge on any atom is -0.311 e. The molecule has 0 radical (unpaired) electrons. The lowest BCUT2D eigenvalue weighted by molar-refractivity contribution is 1.21. The molecular weight excluding hydrogens is 729 g/mol. The Morgan fingerprint density at radius 3 is 1.32 bits per heavy atom. The van der Waals surface area contributed by atoms with Gasteiger partial charge >= 0.3 is 0 Å². The molecule has 272 valence electrons. The van der Waals surface area contributed by atoms with E-state index in [2.05, 4.69) is 210 Å². The molecule has 2 heterocycles. The number of hydrogen-bond acceptors (Lipinski definition) is 4. The lowest BCUT2D eigenvalue weighted by Gasteiger charge is -2.27. The van der Waals surface area contributed by atoms with E-state index in [1.54, 1.807) is 0 Å². The summed E-state index contributed by atoms with van der Waals surface area (Å²) in [6.45, 7) is 2.01. The van der Waals surface area contributed by atoms with Gasteiger partial charge in [-0.2, -0.15) is 0 Å². The monoisotopic (exact) mass is 766 g/mol. The summed E-state index contributed by atoms with van der Waals surface area (Å²) in [6, 6.07) is 67.4. The van der Waals surface area contributed by atoms with Gasteiger partial charge in [-0.1, -0.05) is 115 Å². The highest BCUT2D eigenvalue weighted by Crippen LogP contribution is 2.40. The molecule has 2 nitrogen and oxygen atoms in total. The Labute approximate surface area is 342 Å². The molecule has 7 aromatic carbocycles. The number of anilines is 5. The first kappa shape index (κ1) is 35.8. The SMILES string of the molecule is C#C/C=C(\C=C/C)N(c1ccc(-c2ccc(N(c3ccccc3)c3ccc(-c4cc5ccccc5s4)cc3)cc2)cc1)c1ccc(-c2cc3ccccc3s2)cc1. The third kappa shape index (κ3) is 7.43. The van der Waals surface area contributed by atoms with Crippen molar-refractivity contribution in [1.29, 1.82) is 0 Å². The van der Waals surface area contributed by atoms with Crippen LogP contribution in [-0.2, 0) is 0 Å². The highest BCUT2D eigenvalue weighted by molar-refractivity contribution is 7.22. The van der Waals surface area contributed by atoms with E-state index in [-0.39, 0.29) is 0 Å². The third-order valence-corrected chi connectivity index (χ3v) is 12.4. The van der Waals surface area contributed by atoms with E-state index in [4.69, 9.17) is 6.42 Å². The van der Waals surface area contributed by atoms with Crippen LogP contribution >= 0.6 is 22.7 Å². The van der Waals surface area contributed by atoms with E-state index in [9.17, 15) is 0 Å². The van der Waals surface area contributed by atoms with Gasteiger partial charge in [-0.25, -0.2) is 0 Å². The first-order valence-electron chi connectivity index (χ1n) is 19.0. The van der Waals surface area contributed by atoms with Crippen molar-refractivity contribution in [1.82, 2.24) is 0 Å². The van der Waals surface area contributed by atoms with Crippen LogP contribution in [0, 0.1) is 12.3 Å². The fraction of sp³-hybridized carbons (Fsp3) is 0.0189. The van der Waals surface area contributed by atoms with Crippen LogP contribution in [0.1, 0.15) is 6.92 Å². The molecular formula is C53H38N2S2. The average Bonchev–Trinajstić information content (AvgIpc) is 3.91. The average molecular weight is 767 g/mol. The van der Waals surface area contributed by atoms with E-state index >= 15 is 0 Å². The van der Waals surface area contributed by atoms with Gasteiger partial charge in [0.1, 0.15) is 0 Å². The summed E-state index contributed by atoms with van der Waals surface area (Å²) >= 11 is 3.65. The van der Waals surface area contributed by atoms with Crippen molar-refractivity contribution in [3.63, 3.8) is 0 Å². The van der Waals surface area contributed by atoms with Crippen LogP contribution in [0.15, 0.2) is 212 Å². The number of thiophene rings is 2. The van der Waals surface area contributed by atoms with Gasteiger partial charge < -0.3 is 9.80 Å². The van der Waals surface area contributed by atoms with Gasteiger partial charge in [0.2, 0.25) is 0 Å². The molecule has 4 heteroatoms. The van der Waals surface area contributed by atoms with Crippen molar-refractivity contribution in [2.45, 2.75) is 6.92 Å². The quantitative estimate of drug-likeness (QED) is 0.101. The lowest BCUT2D eigenvalue weighted by atomic mass is 10.0. The fourth-order valence-corrected chi connectivity index (χ4v) is 9.45. The molecule has 0 saturated carbocycles. The van der Waals surface area contributed by atoms with Crippen LogP contribution < -0.4 is 9.80 Å². The van der Waals surface area contributed by atoms with E-state index in [1.807, 2.05) is 41.7 Å². The van der Waals surface area contributed by atoms with Crippen molar-refractivity contribution >= 4 is 71.3 Å². The number of rotatable bonds is 10. The molecule has 9 rings (SSSR count). The molecule has 0 fully saturated rings. The second-order valence-electron chi connectivity index (χ2n) is 13.7. The number of nitrogens with zero attached hydrogens (tertiary/aromatic N) is 2. The van der Waals surface area contributed by atoms with Crippen LogP contribution in [0.3, 0.4) is 0 Å². The van der Waals surface area contributed by atoms with Gasteiger partial charge in [0.05, 0.1) is 5.70 Å². The Kier molecular flexibility index (Phi) is 10.1. The smallest absolute Gasteiger partial charge is 0.0541 e. The molecule has 0 saturated heterocycles. The zero-order valence-corrected chi connectivity index (χ0v) is 33.1. The summed E-state index contributed by atoms with van der Waals surface area (Å²) in [6.07, 6.45) is 11.8. The molecule has 9 aromatic rings. The Morgan fingerprint density at radius 1 is 0.474 bits per heavy atom. The van der Waals surface area contributed by atoms with E-state index in [0.29, 0.717) is 0 Å². The molecule has 0 N–H and O–H groups in total. The summed E-state index contributed by atoms with van der Waals surface area (Å²) in [7, 11) is 0. The highest BCUT2D eigenvalue weighted by atomic mass is 32.1. The molecule has 0 atom stereocenters. The van der Waals surface area contributed by atoms with Crippen molar-refractivity contribution in [3.8, 4) is 44.4 Å². The molecule has 0 bridgehead atoms. The topological polar surface area (TPSA) is 6.48 Å². The largest absolute Gasteiger partial charge is 0.311 e. The maximum absolute atomic E-state index is 5.85. The summed E-state index contributed by atoms with van der Waals surface area (Å²) in [4.78, 5) is 7.06. The van der Waals surface area contributed by atoms with Gasteiger partial charge in [0.15, 0.2) is 0 Å². The molecule has 0 aliphatic heterocycles. The molecule has 0 amide bonds. The fourth-order valence-electron chi connectivity index (χ4n) is 7.32. The summed E-state index contributed by atoms with van der Waals surface area (Å²) in [5.74, 6) is 2.76. The van der Waals surface area contributed by atoms with Crippen LogP contribution in [0.2, 0.25) is 0 Å². The van der Waals surface area contributed by atoms with E-state index in [1.165, 1.54) is 41.1 Å². The molecule has 0 aliphatic rings. The maximum atomic E-state index is 5.85. The Morgan fingerprint density at radius 2 is 0.877 bits per heavy atom. The van der Waals surface area contributed by atoms with Crippen molar-refractivity contribution in [2.24, 2.45) is 0 Å². The zero-order chi connectivity index (χ0) is 38.6. The molecule has 0 spiro atoms. The van der Waals surface area contributed by atoms with Gasteiger partial charge in [0.25, 0.3) is 0 Å². The molecule has 57 heavy (non-hydrogen) atoms. The molecule has 2 aromatic heterocycles. The second-order valence-corrected chi connectivity index (χ2v) is 15.9. The van der Waals surface area contributed by atoms with Gasteiger partial charge in [-0.05, 0) is 131 Å². The van der Waals surface area contributed by atoms with Crippen LogP contribution in [-0.4, -0.2) is 0 Å². The summed E-state index contributed by atoms with van der Waals surface area (Å²) < 4.78 is 2.60. The number of allylic oxidation sites excluding steroid dienone is 3. The van der Waals surface area contributed by atoms with E-state index < -0.39 is 0 Å². The molecule has 0 unspecified atom stereocenters. The first-order valence-corrected chi connectivity index (χ1v) is 20.6. The number of terminal acetylenes is 1. The van der Waals surface area contributed by atoms with Crippen LogP contribution in [0.25, 0.3) is 52.2 Å². The predicted octanol–water partition coefficient (Wildman–Crippen LogP) is 15.8. The summed E-state index contributed by atoms with van der Waals surface area (Å²) in [5, 5.41) is 2.56. The van der Waals surface area contributed by atoms with Crippen molar-refractivity contribution in [3.05, 3.63) is 212 Å². The van der Waals surface area contributed by atoms with Gasteiger partial charge in [-0.3, -0.25) is 0 Å². The Balaban J connectivity index is 0.995. The summed E-state index contributed by atoms with van der Waals surface area (Å²) in [5.41, 5.74) is 11.0. The van der Waals surface area contributed by atoms with E-state index in [0.717, 1.165) is 45.3 Å². The van der Waals surface area contributed by atoms with Crippen LogP contribution in [0.4, 0.5) is 28.4 Å². The lowest BCUT2D eigenvalue weighted by Crippen LogP contribution is -2.15. The van der Waals surface area contributed by atoms with Crippen LogP contribution in [0.5, 0.6) is 0 Å². The number of para-hydroxylation sites is 1. The Hall–Kier alpha value is -6.90. The zero-order valence-electron chi connectivity index (χ0n) is 31.4. The minimum absolute atomic E-state index is 0.921. The van der Waals surface area contributed by atoms with Gasteiger partial charge in [0, 0.05) is 53.7 Å². The highest BCUT2D eigenvalue weighted by Gasteiger charge is 2.16. The second kappa shape index (κ2) is 16.1. The van der Waals surface area contributed by atoms with Gasteiger partial charge in [-0.15, -0.1) is 29.1 Å². The Bertz CT molecular complexity index is 2820. The molecule has 0 aliphatic carbocycles. The predicted molar refractivity (Wildman–Crippen MR) is 249 cm³/mol. The number of benzene rings is 7. The number of hydrogen-bond donors (Lipinski definition) is 0. The van der Waals surface area contributed by atoms with Crippen molar-refractivity contribution < 1.29 is 0 Å².